The van der Waals surface area contributed by atoms with Gasteiger partial charge in [-0.2, -0.15) is 0 Å². The van der Waals surface area contributed by atoms with E-state index in [4.69, 9.17) is 27.9 Å². The number of carbonyl (C=O) groups excluding carboxylic acids is 4. The number of hydrogen-bond donors (Lipinski definition) is 0. The molecule has 168 valence electrons. The van der Waals surface area contributed by atoms with Crippen LogP contribution in [0.2, 0.25) is 10.0 Å². The van der Waals surface area contributed by atoms with E-state index in [1.165, 1.54) is 31.4 Å². The average molecular weight is 503 g/mol. The Balaban J connectivity index is 1.86. The number of ketones is 2. The molecule has 3 aromatic rings. The van der Waals surface area contributed by atoms with E-state index in [0.717, 1.165) is 16.2 Å². The zero-order chi connectivity index (χ0) is 23.9. The largest absolute Gasteiger partial charge is 0.465 e. The second-order valence-electron chi connectivity index (χ2n) is 7.29. The summed E-state index contributed by atoms with van der Waals surface area (Å²) >= 11 is 13.0. The number of esters is 1. The van der Waals surface area contributed by atoms with Crippen LogP contribution in [-0.4, -0.2) is 35.5 Å². The molecule has 0 spiro atoms. The molecule has 4 rings (SSSR count). The highest BCUT2D eigenvalue weighted by molar-refractivity contribution is 7.17. The van der Waals surface area contributed by atoms with Crippen LogP contribution in [0.5, 0.6) is 0 Å². The summed E-state index contributed by atoms with van der Waals surface area (Å²) in [5.74, 6) is -4.23. The average Bonchev–Trinajstić information content (AvgIpc) is 3.30. The highest BCUT2D eigenvalue weighted by Gasteiger charge is 2.53. The Morgan fingerprint density at radius 1 is 1.06 bits per heavy atom. The molecule has 2 heterocycles. The molecule has 1 fully saturated rings. The maximum absolute atomic E-state index is 13.4. The molecule has 0 N–H and O–H groups in total. The van der Waals surface area contributed by atoms with Crippen LogP contribution in [0.4, 0.5) is 5.13 Å². The number of hydrogen-bond acceptors (Lipinski definition) is 7. The van der Waals surface area contributed by atoms with Crippen LogP contribution >= 0.6 is 34.5 Å². The number of halogens is 2. The molecule has 0 radical (unpaired) electrons. The third kappa shape index (κ3) is 4.17. The van der Waals surface area contributed by atoms with Crippen molar-refractivity contribution < 1.29 is 23.9 Å². The first kappa shape index (κ1) is 23.1. The maximum Gasteiger partial charge on any atom is 0.350 e. The number of Topliss-reactive ketones (excluding diaryl/α,β-unsaturated/α-hetero) is 2. The summed E-state index contributed by atoms with van der Waals surface area (Å²) in [7, 11) is 1.24. The van der Waals surface area contributed by atoms with E-state index in [-0.39, 0.29) is 15.6 Å². The minimum Gasteiger partial charge on any atom is -0.465 e. The summed E-state index contributed by atoms with van der Waals surface area (Å²) in [6.45, 7) is 1.60. The normalized spacial score (nSPS) is 18.0. The van der Waals surface area contributed by atoms with Crippen molar-refractivity contribution in [3.63, 3.8) is 0 Å². The van der Waals surface area contributed by atoms with Gasteiger partial charge in [-0.3, -0.25) is 19.3 Å². The number of benzene rings is 2. The lowest BCUT2D eigenvalue weighted by molar-refractivity contribution is -0.135. The number of thiazole rings is 1. The molecule has 1 aromatic heterocycles. The molecule has 7 nitrogen and oxygen atoms in total. The van der Waals surface area contributed by atoms with Crippen molar-refractivity contribution in [1.82, 2.24) is 4.98 Å². The zero-order valence-electron chi connectivity index (χ0n) is 17.4. The van der Waals surface area contributed by atoms with Gasteiger partial charge in [-0.15, -0.1) is 0 Å². The Bertz CT molecular complexity index is 1290. The predicted molar refractivity (Wildman–Crippen MR) is 124 cm³/mol. The van der Waals surface area contributed by atoms with Gasteiger partial charge in [0.05, 0.1) is 18.8 Å². The molecular formula is C23H16Cl2N2O5S. The molecule has 10 heteroatoms. The molecular weight excluding hydrogens is 487 g/mol. The van der Waals surface area contributed by atoms with E-state index >= 15 is 0 Å². The predicted octanol–water partition coefficient (Wildman–Crippen LogP) is 4.70. The highest BCUT2D eigenvalue weighted by atomic mass is 35.5. The number of rotatable bonds is 5. The van der Waals surface area contributed by atoms with E-state index < -0.39 is 35.4 Å². The van der Waals surface area contributed by atoms with Crippen LogP contribution in [0.1, 0.15) is 37.3 Å². The smallest absolute Gasteiger partial charge is 0.350 e. The summed E-state index contributed by atoms with van der Waals surface area (Å²) in [5, 5.41) is 0.923. The van der Waals surface area contributed by atoms with E-state index in [9.17, 15) is 19.2 Å². The summed E-state index contributed by atoms with van der Waals surface area (Å²) in [6, 6.07) is 11.7. The monoisotopic (exact) mass is 502 g/mol. The van der Waals surface area contributed by atoms with Gasteiger partial charge in [-0.1, -0.05) is 46.7 Å². The fourth-order valence-electron chi connectivity index (χ4n) is 3.73. The molecule has 0 saturated carbocycles. The summed E-state index contributed by atoms with van der Waals surface area (Å²) in [4.78, 5) is 57.5. The number of nitrogens with zero attached hydrogens (tertiary/aromatic N) is 2. The lowest BCUT2D eigenvalue weighted by Gasteiger charge is -2.25. The molecule has 0 bridgehead atoms. The van der Waals surface area contributed by atoms with E-state index in [1.54, 1.807) is 31.2 Å². The molecule has 2 aromatic carbocycles. The van der Waals surface area contributed by atoms with Gasteiger partial charge in [-0.25, -0.2) is 9.78 Å². The van der Waals surface area contributed by atoms with E-state index in [0.29, 0.717) is 21.3 Å². The first-order valence-electron chi connectivity index (χ1n) is 9.71. The van der Waals surface area contributed by atoms with Crippen molar-refractivity contribution in [2.24, 2.45) is 5.92 Å². The number of methoxy groups -OCH3 is 1. The second kappa shape index (κ2) is 9.05. The van der Waals surface area contributed by atoms with Gasteiger partial charge in [0.25, 0.3) is 5.91 Å². The summed E-state index contributed by atoms with van der Waals surface area (Å²) in [6.07, 6.45) is 0. The van der Waals surface area contributed by atoms with Crippen LogP contribution < -0.4 is 4.90 Å². The lowest BCUT2D eigenvalue weighted by Crippen LogP contribution is -2.30. The van der Waals surface area contributed by atoms with Crippen LogP contribution in [0.25, 0.3) is 0 Å². The van der Waals surface area contributed by atoms with Gasteiger partial charge in [0.1, 0.15) is 10.8 Å². The molecule has 1 aliphatic heterocycles. The van der Waals surface area contributed by atoms with Crippen LogP contribution in [0.3, 0.4) is 0 Å². The van der Waals surface area contributed by atoms with Crippen molar-refractivity contribution >= 4 is 63.1 Å². The third-order valence-electron chi connectivity index (χ3n) is 5.27. The summed E-state index contributed by atoms with van der Waals surface area (Å²) in [5.41, 5.74) is 1.07. The Kier molecular flexibility index (Phi) is 6.34. The van der Waals surface area contributed by atoms with Gasteiger partial charge >= 0.3 is 5.97 Å². The Hall–Kier alpha value is -3.07. The quantitative estimate of drug-likeness (QED) is 0.217. The Labute approximate surface area is 202 Å². The number of carbonyl (C=O) groups is 4. The van der Waals surface area contributed by atoms with Crippen molar-refractivity contribution in [3.05, 3.63) is 80.3 Å². The van der Waals surface area contributed by atoms with Crippen molar-refractivity contribution in [2.45, 2.75) is 13.0 Å². The van der Waals surface area contributed by atoms with E-state index in [2.05, 4.69) is 4.98 Å². The maximum atomic E-state index is 13.4. The van der Waals surface area contributed by atoms with Gasteiger partial charge < -0.3 is 4.74 Å². The van der Waals surface area contributed by atoms with Crippen LogP contribution in [0, 0.1) is 12.8 Å². The molecule has 1 aliphatic rings. The first-order chi connectivity index (χ1) is 15.7. The standard InChI is InChI=1S/C23H16Cl2N2O5S/c1-11-20(22(31)32-2)33-23(26-11)27-17(13-4-3-5-15(25)10-13)16(19(29)21(27)30)18(28)12-6-8-14(24)9-7-12/h3-10,16-17H,1-2H3. The zero-order valence-corrected chi connectivity index (χ0v) is 19.7. The fourth-order valence-corrected chi connectivity index (χ4v) is 5.08. The number of aromatic nitrogens is 1. The number of aryl methyl sites for hydroxylation is 1. The third-order valence-corrected chi connectivity index (χ3v) is 6.89. The van der Waals surface area contributed by atoms with Gasteiger partial charge in [0.2, 0.25) is 5.78 Å². The Morgan fingerprint density at radius 3 is 2.39 bits per heavy atom. The van der Waals surface area contributed by atoms with Crippen molar-refractivity contribution in [1.29, 1.82) is 0 Å². The minimum atomic E-state index is -1.33. The number of amides is 1. The molecule has 2 unspecified atom stereocenters. The van der Waals surface area contributed by atoms with Gasteiger partial charge in [0, 0.05) is 15.6 Å². The lowest BCUT2D eigenvalue weighted by atomic mass is 9.86. The topological polar surface area (TPSA) is 93.6 Å². The fraction of sp³-hybridized carbons (Fsp3) is 0.174. The first-order valence-corrected chi connectivity index (χ1v) is 11.3. The van der Waals surface area contributed by atoms with Crippen LogP contribution in [-0.2, 0) is 14.3 Å². The Morgan fingerprint density at radius 2 is 1.76 bits per heavy atom. The number of ether oxygens (including phenoxy) is 1. The van der Waals surface area contributed by atoms with Gasteiger partial charge in [0.15, 0.2) is 10.9 Å². The molecule has 2 atom stereocenters. The highest BCUT2D eigenvalue weighted by Crippen LogP contribution is 2.43. The van der Waals surface area contributed by atoms with Crippen molar-refractivity contribution in [3.8, 4) is 0 Å². The van der Waals surface area contributed by atoms with Crippen molar-refractivity contribution in [2.75, 3.05) is 12.0 Å². The SMILES string of the molecule is COC(=O)c1sc(N2C(=O)C(=O)C(C(=O)c3ccc(Cl)cc3)C2c2cccc(Cl)c2)nc1C. The number of anilines is 1. The van der Waals surface area contributed by atoms with Crippen LogP contribution in [0.15, 0.2) is 48.5 Å². The second-order valence-corrected chi connectivity index (χ2v) is 9.14. The van der Waals surface area contributed by atoms with Gasteiger partial charge in [-0.05, 0) is 48.9 Å². The molecule has 0 aliphatic carbocycles. The van der Waals surface area contributed by atoms with E-state index in [1.807, 2.05) is 0 Å². The molecule has 33 heavy (non-hydrogen) atoms. The summed E-state index contributed by atoms with van der Waals surface area (Å²) < 4.78 is 4.77. The molecule has 1 saturated heterocycles. The molecule has 1 amide bonds. The minimum absolute atomic E-state index is 0.114.